The van der Waals surface area contributed by atoms with E-state index in [2.05, 4.69) is 9.97 Å². The zero-order valence-electron chi connectivity index (χ0n) is 13.3. The van der Waals surface area contributed by atoms with Crippen molar-refractivity contribution in [2.24, 2.45) is 0 Å². The smallest absolute Gasteiger partial charge is 0.145 e. The van der Waals surface area contributed by atoms with Gasteiger partial charge in [-0.25, -0.2) is 4.98 Å². The molecule has 0 aliphatic carbocycles. The lowest BCUT2D eigenvalue weighted by Gasteiger charge is -2.19. The Balaban J connectivity index is 1.73. The van der Waals surface area contributed by atoms with Gasteiger partial charge in [0.25, 0.3) is 0 Å². The normalized spacial score (nSPS) is 14.8. The highest BCUT2D eigenvalue weighted by atomic mass is 35.5. The summed E-state index contributed by atoms with van der Waals surface area (Å²) in [7, 11) is 0. The number of nitrogens with zero attached hydrogens (tertiary/aromatic N) is 2. The molecular formula is C18H14Cl2N4O. The number of aromatic nitrogens is 2. The molecule has 4 rings (SSSR count). The van der Waals surface area contributed by atoms with Gasteiger partial charge in [-0.05, 0) is 42.8 Å². The molecule has 0 saturated heterocycles. The van der Waals surface area contributed by atoms with Gasteiger partial charge in [-0.15, -0.1) is 0 Å². The van der Waals surface area contributed by atoms with Gasteiger partial charge in [-0.3, -0.25) is 5.41 Å². The van der Waals surface area contributed by atoms with Crippen molar-refractivity contribution in [3.63, 3.8) is 0 Å². The van der Waals surface area contributed by atoms with E-state index in [4.69, 9.17) is 28.6 Å². The molecule has 7 heteroatoms. The average molecular weight is 373 g/mol. The van der Waals surface area contributed by atoms with E-state index in [0.29, 0.717) is 27.1 Å². The molecule has 1 aliphatic rings. The molecule has 0 amide bonds. The molecule has 2 aromatic carbocycles. The van der Waals surface area contributed by atoms with Gasteiger partial charge >= 0.3 is 0 Å². The number of anilines is 1. The number of H-pyrrole nitrogens is 1. The van der Waals surface area contributed by atoms with Crippen molar-refractivity contribution in [3.8, 4) is 0 Å². The van der Waals surface area contributed by atoms with Crippen LogP contribution in [0.1, 0.15) is 11.4 Å². The lowest BCUT2D eigenvalue weighted by atomic mass is 10.2. The minimum Gasteiger partial charge on any atom is -0.509 e. The zero-order valence-corrected chi connectivity index (χ0v) is 14.8. The lowest BCUT2D eigenvalue weighted by Crippen LogP contribution is -2.26. The molecule has 126 valence electrons. The van der Waals surface area contributed by atoms with E-state index in [0.717, 1.165) is 16.6 Å². The highest BCUT2D eigenvalue weighted by Gasteiger charge is 2.31. The van der Waals surface area contributed by atoms with Crippen LogP contribution in [0.15, 0.2) is 42.2 Å². The molecule has 0 bridgehead atoms. The number of amidine groups is 1. The second kappa shape index (κ2) is 5.79. The van der Waals surface area contributed by atoms with E-state index in [-0.39, 0.29) is 18.1 Å². The molecule has 25 heavy (non-hydrogen) atoms. The van der Waals surface area contributed by atoms with Gasteiger partial charge in [0, 0.05) is 5.69 Å². The predicted octanol–water partition coefficient (Wildman–Crippen LogP) is 4.94. The standard InChI is InChI=1S/C18H14Cl2N4O/c1-9-2-5-13-14(6-9)23-18(22-13)16-15(25)8-24(17(16)21)10-3-4-11(19)12(20)7-10/h2-7,21,25H,8H2,1H3,(H,22,23). The molecule has 0 unspecified atom stereocenters. The van der Waals surface area contributed by atoms with Crippen LogP contribution in [0.4, 0.5) is 5.69 Å². The maximum atomic E-state index is 10.4. The van der Waals surface area contributed by atoms with Crippen molar-refractivity contribution in [3.05, 3.63) is 63.6 Å². The monoisotopic (exact) mass is 372 g/mol. The van der Waals surface area contributed by atoms with E-state index >= 15 is 0 Å². The molecule has 0 atom stereocenters. The van der Waals surface area contributed by atoms with Gasteiger partial charge in [0.05, 0.1) is 33.2 Å². The van der Waals surface area contributed by atoms with Crippen LogP contribution in [-0.2, 0) is 0 Å². The number of aliphatic hydroxyl groups excluding tert-OH is 1. The van der Waals surface area contributed by atoms with Crippen molar-refractivity contribution in [2.45, 2.75) is 6.92 Å². The van der Waals surface area contributed by atoms with Crippen LogP contribution in [0.25, 0.3) is 16.6 Å². The lowest BCUT2D eigenvalue weighted by molar-refractivity contribution is 0.411. The van der Waals surface area contributed by atoms with Gasteiger partial charge in [-0.2, -0.15) is 0 Å². The Morgan fingerprint density at radius 3 is 2.72 bits per heavy atom. The molecule has 0 radical (unpaired) electrons. The van der Waals surface area contributed by atoms with Gasteiger partial charge < -0.3 is 15.0 Å². The minimum absolute atomic E-state index is 0.0897. The second-order valence-corrected chi connectivity index (χ2v) is 6.78. The molecule has 3 aromatic rings. The van der Waals surface area contributed by atoms with Gasteiger partial charge in [-0.1, -0.05) is 29.3 Å². The summed E-state index contributed by atoms with van der Waals surface area (Å²) in [6.07, 6.45) is 0. The number of aliphatic hydroxyl groups is 1. The topological polar surface area (TPSA) is 76.0 Å². The summed E-state index contributed by atoms with van der Waals surface area (Å²) in [5, 5.41) is 19.8. The number of aromatic amines is 1. The van der Waals surface area contributed by atoms with E-state index in [9.17, 15) is 5.11 Å². The Hall–Kier alpha value is -2.50. The first kappa shape index (κ1) is 16.0. The summed E-state index contributed by atoms with van der Waals surface area (Å²) < 4.78 is 0. The first-order chi connectivity index (χ1) is 11.9. The Kier molecular flexibility index (Phi) is 3.71. The molecule has 1 aromatic heterocycles. The van der Waals surface area contributed by atoms with Gasteiger partial charge in [0.2, 0.25) is 0 Å². The fourth-order valence-electron chi connectivity index (χ4n) is 2.94. The van der Waals surface area contributed by atoms with Crippen molar-refractivity contribution < 1.29 is 5.11 Å². The Labute approximate surface area is 154 Å². The van der Waals surface area contributed by atoms with Crippen molar-refractivity contribution in [1.29, 1.82) is 5.41 Å². The molecule has 0 spiro atoms. The molecule has 5 nitrogen and oxygen atoms in total. The van der Waals surface area contributed by atoms with E-state index in [1.807, 2.05) is 25.1 Å². The SMILES string of the molecule is Cc1ccc2nc(C3=C(O)CN(c4ccc(Cl)c(Cl)c4)C3=N)[nH]c2c1. The Morgan fingerprint density at radius 2 is 1.96 bits per heavy atom. The van der Waals surface area contributed by atoms with Crippen LogP contribution in [0.3, 0.4) is 0 Å². The average Bonchev–Trinajstić information content (AvgIpc) is 3.10. The van der Waals surface area contributed by atoms with Crippen LogP contribution >= 0.6 is 23.2 Å². The molecule has 0 saturated carbocycles. The number of hydrogen-bond donors (Lipinski definition) is 3. The first-order valence-corrected chi connectivity index (χ1v) is 8.40. The number of benzene rings is 2. The van der Waals surface area contributed by atoms with E-state index < -0.39 is 0 Å². The number of rotatable bonds is 2. The minimum atomic E-state index is 0.0897. The maximum absolute atomic E-state index is 10.4. The molecular weight excluding hydrogens is 359 g/mol. The van der Waals surface area contributed by atoms with Crippen molar-refractivity contribution >= 4 is 51.3 Å². The number of nitrogens with one attached hydrogen (secondary N) is 2. The van der Waals surface area contributed by atoms with Crippen LogP contribution in [0, 0.1) is 12.3 Å². The van der Waals surface area contributed by atoms with Crippen LogP contribution < -0.4 is 4.90 Å². The fourth-order valence-corrected chi connectivity index (χ4v) is 3.24. The first-order valence-electron chi connectivity index (χ1n) is 7.64. The van der Waals surface area contributed by atoms with Crippen LogP contribution in [-0.4, -0.2) is 27.5 Å². The Bertz CT molecular complexity index is 1050. The highest BCUT2D eigenvalue weighted by Crippen LogP contribution is 2.33. The second-order valence-electron chi connectivity index (χ2n) is 5.96. The highest BCUT2D eigenvalue weighted by molar-refractivity contribution is 6.42. The molecule has 0 fully saturated rings. The maximum Gasteiger partial charge on any atom is 0.145 e. The Morgan fingerprint density at radius 1 is 1.16 bits per heavy atom. The number of fused-ring (bicyclic) bond motifs is 1. The van der Waals surface area contributed by atoms with E-state index in [1.54, 1.807) is 23.1 Å². The summed E-state index contributed by atoms with van der Waals surface area (Å²) in [4.78, 5) is 9.35. The molecule has 3 N–H and O–H groups in total. The largest absolute Gasteiger partial charge is 0.509 e. The number of aryl methyl sites for hydroxylation is 1. The predicted molar refractivity (Wildman–Crippen MR) is 102 cm³/mol. The van der Waals surface area contributed by atoms with Crippen molar-refractivity contribution in [1.82, 2.24) is 9.97 Å². The summed E-state index contributed by atoms with van der Waals surface area (Å²) in [5.74, 6) is 0.726. The number of imidazole rings is 1. The summed E-state index contributed by atoms with van der Waals surface area (Å²) >= 11 is 12.0. The van der Waals surface area contributed by atoms with Gasteiger partial charge in [0.1, 0.15) is 17.4 Å². The number of halogens is 2. The third kappa shape index (κ3) is 2.65. The summed E-state index contributed by atoms with van der Waals surface area (Å²) in [5.41, 5.74) is 3.85. The zero-order chi connectivity index (χ0) is 17.7. The fraction of sp³-hybridized carbons (Fsp3) is 0.111. The third-order valence-corrected chi connectivity index (χ3v) is 4.93. The summed E-state index contributed by atoms with van der Waals surface area (Å²) in [6, 6.07) is 11.0. The quantitative estimate of drug-likeness (QED) is 0.595. The third-order valence-electron chi connectivity index (χ3n) is 4.19. The van der Waals surface area contributed by atoms with Crippen LogP contribution in [0.5, 0.6) is 0 Å². The molecule has 1 aliphatic heterocycles. The van der Waals surface area contributed by atoms with Gasteiger partial charge in [0.15, 0.2) is 0 Å². The number of hydrogen-bond acceptors (Lipinski definition) is 3. The summed E-state index contributed by atoms with van der Waals surface area (Å²) in [6.45, 7) is 2.18. The molecule has 2 heterocycles. The van der Waals surface area contributed by atoms with Crippen LogP contribution in [0.2, 0.25) is 10.0 Å². The van der Waals surface area contributed by atoms with E-state index in [1.165, 1.54) is 0 Å². The van der Waals surface area contributed by atoms with Crippen molar-refractivity contribution in [2.75, 3.05) is 11.4 Å².